The van der Waals surface area contributed by atoms with Crippen LogP contribution in [0.2, 0.25) is 0 Å². The Morgan fingerprint density at radius 3 is 2.55 bits per heavy atom. The molecule has 222 valence electrons. The van der Waals surface area contributed by atoms with Crippen LogP contribution in [0.4, 0.5) is 13.6 Å². The van der Waals surface area contributed by atoms with E-state index in [9.17, 15) is 18.7 Å². The Labute approximate surface area is 237 Å². The van der Waals surface area contributed by atoms with E-state index in [4.69, 9.17) is 9.47 Å². The van der Waals surface area contributed by atoms with Crippen LogP contribution in [-0.2, 0) is 10.3 Å². The summed E-state index contributed by atoms with van der Waals surface area (Å²) in [7, 11) is 3.50. The summed E-state index contributed by atoms with van der Waals surface area (Å²) < 4.78 is 39.4. The largest absolute Gasteiger partial charge is 0.457 e. The molecule has 9 heteroatoms. The molecule has 0 radical (unpaired) electrons. The van der Waals surface area contributed by atoms with Gasteiger partial charge in [0.25, 0.3) is 0 Å². The maximum atomic E-state index is 14.7. The van der Waals surface area contributed by atoms with Gasteiger partial charge in [-0.1, -0.05) is 13.8 Å². The number of hydrogen-bond acceptors (Lipinski definition) is 5. The summed E-state index contributed by atoms with van der Waals surface area (Å²) in [5, 5.41) is 18.7. The second-order valence-electron chi connectivity index (χ2n) is 11.2. The molecule has 0 bridgehead atoms. The van der Waals surface area contributed by atoms with Crippen molar-refractivity contribution in [2.45, 2.75) is 64.0 Å². The number of piperidine rings is 1. The molecule has 7 nitrogen and oxygen atoms in total. The third kappa shape index (κ3) is 8.88. The summed E-state index contributed by atoms with van der Waals surface area (Å²) in [4.78, 5) is 15.1. The van der Waals surface area contributed by atoms with Gasteiger partial charge in [-0.2, -0.15) is 0 Å². The molecule has 1 unspecified atom stereocenters. The third-order valence-corrected chi connectivity index (χ3v) is 7.52. The van der Waals surface area contributed by atoms with E-state index in [0.717, 1.165) is 12.8 Å². The number of unbranched alkanes of at least 4 members (excludes halogenated alkanes) is 1. The molecule has 1 heterocycles. The molecule has 2 aromatic carbocycles. The van der Waals surface area contributed by atoms with Gasteiger partial charge in [0.2, 0.25) is 0 Å². The lowest BCUT2D eigenvalue weighted by Crippen LogP contribution is -2.54. The normalized spacial score (nSPS) is 17.9. The first kappa shape index (κ1) is 31.8. The predicted octanol–water partition coefficient (Wildman–Crippen LogP) is 5.82. The average Bonchev–Trinajstić information content (AvgIpc) is 2.93. The van der Waals surface area contributed by atoms with Crippen LogP contribution in [0, 0.1) is 23.5 Å². The van der Waals surface area contributed by atoms with Gasteiger partial charge in [-0.05, 0) is 94.0 Å². The smallest absolute Gasteiger partial charge is 0.317 e. The first-order valence-electron chi connectivity index (χ1n) is 14.3. The fourth-order valence-electron chi connectivity index (χ4n) is 5.58. The minimum Gasteiger partial charge on any atom is -0.457 e. The van der Waals surface area contributed by atoms with Gasteiger partial charge in [0.15, 0.2) is 0 Å². The molecule has 2 aromatic rings. The number of likely N-dealkylation sites (tertiary alicyclic amines) is 1. The monoisotopic (exact) mass is 561 g/mol. The van der Waals surface area contributed by atoms with Crippen LogP contribution in [0.1, 0.15) is 57.9 Å². The zero-order valence-electron chi connectivity index (χ0n) is 24.2. The molecule has 0 spiro atoms. The maximum Gasteiger partial charge on any atom is 0.317 e. The number of urea groups is 1. The molecule has 40 heavy (non-hydrogen) atoms. The third-order valence-electron chi connectivity index (χ3n) is 7.52. The molecule has 0 aliphatic carbocycles. The highest BCUT2D eigenvalue weighted by molar-refractivity contribution is 5.74. The van der Waals surface area contributed by atoms with Gasteiger partial charge in [0.1, 0.15) is 23.1 Å². The second-order valence-corrected chi connectivity index (χ2v) is 11.2. The van der Waals surface area contributed by atoms with E-state index < -0.39 is 17.2 Å². The van der Waals surface area contributed by atoms with Crippen molar-refractivity contribution in [3.63, 3.8) is 0 Å². The number of nitrogens with zero attached hydrogens (tertiary/aromatic N) is 1. The fourth-order valence-corrected chi connectivity index (χ4v) is 5.58. The van der Waals surface area contributed by atoms with Gasteiger partial charge >= 0.3 is 6.03 Å². The lowest BCUT2D eigenvalue weighted by atomic mass is 9.73. The van der Waals surface area contributed by atoms with Crippen LogP contribution >= 0.6 is 0 Å². The van der Waals surface area contributed by atoms with Crippen LogP contribution in [0.3, 0.4) is 0 Å². The van der Waals surface area contributed by atoms with Crippen LogP contribution in [0.15, 0.2) is 42.5 Å². The highest BCUT2D eigenvalue weighted by Gasteiger charge is 2.43. The van der Waals surface area contributed by atoms with E-state index in [1.54, 1.807) is 12.0 Å². The van der Waals surface area contributed by atoms with E-state index in [0.29, 0.717) is 74.9 Å². The number of benzene rings is 2. The summed E-state index contributed by atoms with van der Waals surface area (Å²) in [5.74, 6) is -0.133. The van der Waals surface area contributed by atoms with Gasteiger partial charge < -0.3 is 30.1 Å². The second kappa shape index (κ2) is 15.3. The number of nitrogens with one attached hydrogen (secondary N) is 2. The summed E-state index contributed by atoms with van der Waals surface area (Å²) in [6.45, 7) is 6.36. The van der Waals surface area contributed by atoms with Crippen molar-refractivity contribution in [1.29, 1.82) is 0 Å². The Bertz CT molecular complexity index is 1070. The first-order chi connectivity index (χ1) is 19.2. The van der Waals surface area contributed by atoms with Crippen molar-refractivity contribution in [3.8, 4) is 11.5 Å². The van der Waals surface area contributed by atoms with Crippen molar-refractivity contribution in [3.05, 3.63) is 59.7 Å². The number of likely N-dealkylation sites (N-methyl/N-ethyl adjacent to an activating group) is 1. The van der Waals surface area contributed by atoms with Crippen molar-refractivity contribution >= 4 is 6.03 Å². The molecule has 0 aromatic heterocycles. The van der Waals surface area contributed by atoms with Crippen LogP contribution in [-0.4, -0.2) is 62.5 Å². The van der Waals surface area contributed by atoms with E-state index in [1.165, 1.54) is 42.5 Å². The molecule has 0 saturated carbocycles. The number of carbonyl (C=O) groups is 1. The van der Waals surface area contributed by atoms with Gasteiger partial charge in [-0.25, -0.2) is 13.6 Å². The molecular formula is C31H45F2N3O4. The minimum absolute atomic E-state index is 0.00950. The highest BCUT2D eigenvalue weighted by atomic mass is 19.1. The van der Waals surface area contributed by atoms with E-state index in [-0.39, 0.29) is 18.0 Å². The van der Waals surface area contributed by atoms with E-state index in [1.807, 2.05) is 7.05 Å². The van der Waals surface area contributed by atoms with Gasteiger partial charge in [0, 0.05) is 50.9 Å². The van der Waals surface area contributed by atoms with E-state index in [2.05, 4.69) is 24.5 Å². The Kier molecular flexibility index (Phi) is 12.2. The molecule has 1 aliphatic heterocycles. The van der Waals surface area contributed by atoms with Crippen molar-refractivity contribution in [1.82, 2.24) is 15.5 Å². The van der Waals surface area contributed by atoms with Crippen LogP contribution in [0.25, 0.3) is 0 Å². The molecular weight excluding hydrogens is 516 g/mol. The van der Waals surface area contributed by atoms with Crippen LogP contribution in [0.5, 0.6) is 11.5 Å². The number of halogens is 2. The number of methoxy groups -OCH3 is 1. The van der Waals surface area contributed by atoms with Gasteiger partial charge in [-0.15, -0.1) is 0 Å². The SMILES string of the molecule is CNCC(CC(C)C)NC(=O)N1CCC[C@@H]([C@](O)(CCCCOC)c2cc(F)ccc2Oc2ccc(F)cc2)C1. The molecule has 3 rings (SSSR count). The lowest BCUT2D eigenvalue weighted by Gasteiger charge is -2.43. The lowest BCUT2D eigenvalue weighted by molar-refractivity contribution is -0.0577. The van der Waals surface area contributed by atoms with Crippen molar-refractivity contribution < 1.29 is 28.2 Å². The first-order valence-corrected chi connectivity index (χ1v) is 14.3. The fraction of sp³-hybridized carbons (Fsp3) is 0.581. The zero-order chi connectivity index (χ0) is 29.1. The number of aliphatic hydroxyl groups is 1. The van der Waals surface area contributed by atoms with E-state index >= 15 is 0 Å². The Balaban J connectivity index is 1.90. The van der Waals surface area contributed by atoms with Gasteiger partial charge in [0.05, 0.1) is 5.60 Å². The standard InChI is InChI=1S/C31H45F2N3O4/c1-22(2)18-26(20-34-3)35-30(37)36-16-7-8-23(21-36)31(38,15-5-6-17-39-4)28-19-25(33)11-14-29(28)40-27-12-9-24(32)10-13-27/h9-14,19,22-23,26,34,38H,5-8,15-18,20-21H2,1-4H3,(H,35,37)/t23-,26?,31-/m1/s1. The molecule has 2 amide bonds. The topological polar surface area (TPSA) is 83.1 Å². The number of ether oxygens (including phenoxy) is 2. The number of amides is 2. The number of hydrogen-bond donors (Lipinski definition) is 3. The summed E-state index contributed by atoms with van der Waals surface area (Å²) in [5.41, 5.74) is -1.14. The zero-order valence-corrected chi connectivity index (χ0v) is 24.2. The molecule has 1 fully saturated rings. The highest BCUT2D eigenvalue weighted by Crippen LogP contribution is 2.44. The quantitative estimate of drug-likeness (QED) is 0.253. The van der Waals surface area contributed by atoms with Gasteiger partial charge in [-0.3, -0.25) is 0 Å². The van der Waals surface area contributed by atoms with Crippen molar-refractivity contribution in [2.24, 2.45) is 11.8 Å². The summed E-state index contributed by atoms with van der Waals surface area (Å²) >= 11 is 0. The minimum atomic E-state index is -1.47. The molecule has 3 atom stereocenters. The molecule has 1 saturated heterocycles. The number of carbonyl (C=O) groups excluding carboxylic acids is 1. The summed E-state index contributed by atoms with van der Waals surface area (Å²) in [6, 6.07) is 9.48. The van der Waals surface area contributed by atoms with Crippen molar-refractivity contribution in [2.75, 3.05) is 40.4 Å². The molecule has 1 aliphatic rings. The number of rotatable bonds is 14. The summed E-state index contributed by atoms with van der Waals surface area (Å²) in [6.07, 6.45) is 3.93. The average molecular weight is 562 g/mol. The predicted molar refractivity (Wildman–Crippen MR) is 152 cm³/mol. The molecule has 3 N–H and O–H groups in total. The Morgan fingerprint density at radius 2 is 1.88 bits per heavy atom. The Morgan fingerprint density at radius 1 is 1.15 bits per heavy atom. The Hall–Kier alpha value is -2.75. The maximum absolute atomic E-state index is 14.7. The van der Waals surface area contributed by atoms with Crippen LogP contribution < -0.4 is 15.4 Å².